The minimum atomic E-state index is -0.461. The van der Waals surface area contributed by atoms with Crippen molar-refractivity contribution >= 4 is 28.6 Å². The van der Waals surface area contributed by atoms with E-state index in [9.17, 15) is 9.59 Å². The highest BCUT2D eigenvalue weighted by Gasteiger charge is 2.33. The SMILES string of the molecule is C=CC(=O)C(C(=O)CCC(C)=S)C1CCCCC1. The van der Waals surface area contributed by atoms with Crippen molar-refractivity contribution in [2.75, 3.05) is 0 Å². The molecule has 1 saturated carbocycles. The fourth-order valence-corrected chi connectivity index (χ4v) is 2.81. The van der Waals surface area contributed by atoms with E-state index in [2.05, 4.69) is 6.58 Å². The molecule has 0 amide bonds. The predicted octanol–water partition coefficient (Wildman–Crippen LogP) is 3.68. The van der Waals surface area contributed by atoms with Gasteiger partial charge in [0.1, 0.15) is 5.78 Å². The van der Waals surface area contributed by atoms with E-state index in [4.69, 9.17) is 12.2 Å². The Morgan fingerprint density at radius 1 is 1.28 bits per heavy atom. The summed E-state index contributed by atoms with van der Waals surface area (Å²) in [6, 6.07) is 0. The lowest BCUT2D eigenvalue weighted by Gasteiger charge is -2.27. The molecule has 100 valence electrons. The third-order valence-corrected chi connectivity index (χ3v) is 3.90. The van der Waals surface area contributed by atoms with Gasteiger partial charge in [-0.3, -0.25) is 9.59 Å². The van der Waals surface area contributed by atoms with Gasteiger partial charge in [-0.25, -0.2) is 0 Å². The van der Waals surface area contributed by atoms with Crippen LogP contribution in [0.1, 0.15) is 51.9 Å². The van der Waals surface area contributed by atoms with Crippen LogP contribution in [0.2, 0.25) is 0 Å². The number of hydrogen-bond donors (Lipinski definition) is 0. The van der Waals surface area contributed by atoms with Gasteiger partial charge in [0.15, 0.2) is 5.78 Å². The van der Waals surface area contributed by atoms with Crippen LogP contribution in [0.3, 0.4) is 0 Å². The highest BCUT2D eigenvalue weighted by molar-refractivity contribution is 7.80. The Balaban J connectivity index is 2.70. The average molecular weight is 266 g/mol. The Morgan fingerprint density at radius 3 is 2.39 bits per heavy atom. The van der Waals surface area contributed by atoms with Gasteiger partial charge in [0.2, 0.25) is 0 Å². The van der Waals surface area contributed by atoms with Crippen molar-refractivity contribution in [2.45, 2.75) is 51.9 Å². The minimum Gasteiger partial charge on any atom is -0.299 e. The number of ketones is 2. The molecule has 0 heterocycles. The molecule has 0 saturated heterocycles. The number of Topliss-reactive ketones (excluding diaryl/α,β-unsaturated/α-hetero) is 1. The highest BCUT2D eigenvalue weighted by atomic mass is 32.1. The van der Waals surface area contributed by atoms with Crippen molar-refractivity contribution in [1.82, 2.24) is 0 Å². The zero-order valence-corrected chi connectivity index (χ0v) is 11.9. The van der Waals surface area contributed by atoms with Gasteiger partial charge >= 0.3 is 0 Å². The second kappa shape index (κ2) is 7.57. The first kappa shape index (κ1) is 15.2. The first-order chi connectivity index (χ1) is 8.56. The molecular formula is C15H22O2S. The molecule has 0 radical (unpaired) electrons. The molecule has 1 rings (SSSR count). The number of hydrogen-bond acceptors (Lipinski definition) is 3. The molecule has 0 aliphatic heterocycles. The predicted molar refractivity (Wildman–Crippen MR) is 77.8 cm³/mol. The third-order valence-electron chi connectivity index (χ3n) is 3.70. The van der Waals surface area contributed by atoms with E-state index in [0.717, 1.165) is 30.5 Å². The molecule has 1 aliphatic carbocycles. The molecule has 0 aromatic heterocycles. The second-order valence-corrected chi connectivity index (χ2v) is 5.85. The summed E-state index contributed by atoms with van der Waals surface area (Å²) in [5.74, 6) is -0.288. The van der Waals surface area contributed by atoms with Gasteiger partial charge in [-0.15, -0.1) is 0 Å². The van der Waals surface area contributed by atoms with Crippen molar-refractivity contribution in [1.29, 1.82) is 0 Å². The molecular weight excluding hydrogens is 244 g/mol. The average Bonchev–Trinajstić information content (AvgIpc) is 2.37. The lowest BCUT2D eigenvalue weighted by molar-refractivity contribution is -0.133. The molecule has 0 aromatic rings. The standard InChI is InChI=1S/C15H22O2S/c1-3-13(16)15(12-7-5-4-6-8-12)14(17)10-9-11(2)18/h3,12,15H,1,4-10H2,2H3. The zero-order valence-electron chi connectivity index (χ0n) is 11.1. The molecule has 3 heteroatoms. The topological polar surface area (TPSA) is 34.1 Å². The molecule has 0 bridgehead atoms. The largest absolute Gasteiger partial charge is 0.299 e. The van der Waals surface area contributed by atoms with Crippen molar-refractivity contribution in [2.24, 2.45) is 11.8 Å². The normalized spacial score (nSPS) is 18.1. The molecule has 0 spiro atoms. The van der Waals surface area contributed by atoms with E-state index in [-0.39, 0.29) is 17.5 Å². The lowest BCUT2D eigenvalue weighted by Crippen LogP contribution is -2.32. The molecule has 1 aliphatic rings. The Hall–Kier alpha value is -0.830. The number of carbonyl (C=O) groups excluding carboxylic acids is 2. The van der Waals surface area contributed by atoms with Crippen LogP contribution in [0.15, 0.2) is 12.7 Å². The maximum Gasteiger partial charge on any atom is 0.165 e. The van der Waals surface area contributed by atoms with Crippen molar-refractivity contribution in [3.05, 3.63) is 12.7 Å². The van der Waals surface area contributed by atoms with E-state index in [0.29, 0.717) is 12.8 Å². The summed E-state index contributed by atoms with van der Waals surface area (Å²) < 4.78 is 0. The molecule has 1 fully saturated rings. The van der Waals surface area contributed by atoms with Gasteiger partial charge in [-0.1, -0.05) is 38.1 Å². The first-order valence-corrected chi connectivity index (χ1v) is 7.15. The highest BCUT2D eigenvalue weighted by Crippen LogP contribution is 2.32. The summed E-state index contributed by atoms with van der Waals surface area (Å²) in [5, 5.41) is 0. The quantitative estimate of drug-likeness (QED) is 0.400. The third kappa shape index (κ3) is 4.45. The van der Waals surface area contributed by atoms with Gasteiger partial charge in [0.05, 0.1) is 5.92 Å². The molecule has 0 aromatic carbocycles. The maximum absolute atomic E-state index is 12.2. The molecule has 1 unspecified atom stereocenters. The van der Waals surface area contributed by atoms with E-state index < -0.39 is 5.92 Å². The monoisotopic (exact) mass is 266 g/mol. The smallest absolute Gasteiger partial charge is 0.165 e. The number of thiocarbonyl (C=S) groups is 1. The molecule has 0 N–H and O–H groups in total. The lowest BCUT2D eigenvalue weighted by atomic mass is 9.75. The molecule has 18 heavy (non-hydrogen) atoms. The van der Waals surface area contributed by atoms with Crippen LogP contribution >= 0.6 is 12.2 Å². The van der Waals surface area contributed by atoms with E-state index in [1.165, 1.54) is 12.5 Å². The zero-order chi connectivity index (χ0) is 13.5. The van der Waals surface area contributed by atoms with Crippen LogP contribution in [-0.2, 0) is 9.59 Å². The van der Waals surface area contributed by atoms with Crippen LogP contribution in [0.25, 0.3) is 0 Å². The van der Waals surface area contributed by atoms with Crippen molar-refractivity contribution in [3.63, 3.8) is 0 Å². The fraction of sp³-hybridized carbons (Fsp3) is 0.667. The van der Waals surface area contributed by atoms with Gasteiger partial charge in [-0.2, -0.15) is 0 Å². The van der Waals surface area contributed by atoms with Crippen molar-refractivity contribution < 1.29 is 9.59 Å². The minimum absolute atomic E-state index is 0.0519. The summed E-state index contributed by atoms with van der Waals surface area (Å²) in [6.45, 7) is 5.37. The summed E-state index contributed by atoms with van der Waals surface area (Å²) in [7, 11) is 0. The first-order valence-electron chi connectivity index (χ1n) is 6.74. The van der Waals surface area contributed by atoms with Crippen molar-refractivity contribution in [3.8, 4) is 0 Å². The van der Waals surface area contributed by atoms with E-state index in [1.54, 1.807) is 0 Å². The molecule has 1 atom stereocenters. The van der Waals surface area contributed by atoms with Crippen LogP contribution in [-0.4, -0.2) is 16.4 Å². The maximum atomic E-state index is 12.2. The fourth-order valence-electron chi connectivity index (χ4n) is 2.70. The van der Waals surface area contributed by atoms with Crippen LogP contribution in [0.5, 0.6) is 0 Å². The Bertz CT molecular complexity index is 340. The van der Waals surface area contributed by atoms with Gasteiger partial charge < -0.3 is 0 Å². The number of carbonyl (C=O) groups is 2. The van der Waals surface area contributed by atoms with E-state index in [1.807, 2.05) is 6.92 Å². The van der Waals surface area contributed by atoms with Gasteiger partial charge in [-0.05, 0) is 43.0 Å². The number of allylic oxidation sites excluding steroid dienone is 1. The van der Waals surface area contributed by atoms with Gasteiger partial charge in [0.25, 0.3) is 0 Å². The van der Waals surface area contributed by atoms with Crippen LogP contribution in [0, 0.1) is 11.8 Å². The van der Waals surface area contributed by atoms with Gasteiger partial charge in [0, 0.05) is 6.42 Å². The Morgan fingerprint density at radius 2 is 1.89 bits per heavy atom. The second-order valence-electron chi connectivity index (χ2n) is 5.15. The Kier molecular flexibility index (Phi) is 6.41. The van der Waals surface area contributed by atoms with Crippen LogP contribution < -0.4 is 0 Å². The molecule has 2 nitrogen and oxygen atoms in total. The van der Waals surface area contributed by atoms with E-state index >= 15 is 0 Å². The summed E-state index contributed by atoms with van der Waals surface area (Å²) in [4.78, 5) is 25.0. The summed E-state index contributed by atoms with van der Waals surface area (Å²) in [6.07, 6.45) is 7.79. The number of rotatable bonds is 7. The van der Waals surface area contributed by atoms with Crippen LogP contribution in [0.4, 0.5) is 0 Å². The summed E-state index contributed by atoms with van der Waals surface area (Å²) in [5.41, 5.74) is 0. The Labute approximate surface area is 115 Å². The summed E-state index contributed by atoms with van der Waals surface area (Å²) >= 11 is 4.99.